The molecule has 2 nitrogen and oxygen atoms in total. The normalized spacial score (nSPS) is 22.8. The van der Waals surface area contributed by atoms with Gasteiger partial charge in [-0.3, -0.25) is 0 Å². The average molecular weight is 324 g/mol. The lowest BCUT2D eigenvalue weighted by atomic mass is 10.0. The predicted molar refractivity (Wildman–Crippen MR) is 81.6 cm³/mol. The van der Waals surface area contributed by atoms with Crippen molar-refractivity contribution in [3.8, 4) is 5.75 Å². The van der Waals surface area contributed by atoms with Gasteiger partial charge < -0.3 is 9.64 Å². The maximum atomic E-state index is 6.09. The maximum absolute atomic E-state index is 6.09. The Morgan fingerprint density at radius 3 is 2.47 bits per heavy atom. The summed E-state index contributed by atoms with van der Waals surface area (Å²) >= 11 is 3.49. The van der Waals surface area contributed by atoms with Crippen LogP contribution in [0.4, 0.5) is 0 Å². The minimum absolute atomic E-state index is 0.395. The molecule has 1 aromatic rings. The molecule has 0 radical (unpaired) electrons. The average Bonchev–Trinajstić information content (AvgIpc) is 2.94. The first-order chi connectivity index (χ1) is 9.31. The van der Waals surface area contributed by atoms with Crippen LogP contribution in [0.1, 0.15) is 38.5 Å². The van der Waals surface area contributed by atoms with Crippen LogP contribution in [0.5, 0.6) is 5.75 Å². The lowest BCUT2D eigenvalue weighted by Crippen LogP contribution is -2.43. The summed E-state index contributed by atoms with van der Waals surface area (Å²) in [6, 6.07) is 9.05. The molecule has 0 aromatic heterocycles. The molecule has 1 aliphatic carbocycles. The number of hydrogen-bond donors (Lipinski definition) is 0. The van der Waals surface area contributed by atoms with Crippen LogP contribution >= 0.6 is 15.9 Å². The second-order valence-corrected chi connectivity index (χ2v) is 6.66. The van der Waals surface area contributed by atoms with E-state index in [1.807, 2.05) is 18.2 Å². The highest BCUT2D eigenvalue weighted by Crippen LogP contribution is 2.28. The van der Waals surface area contributed by atoms with Gasteiger partial charge in [-0.25, -0.2) is 0 Å². The lowest BCUT2D eigenvalue weighted by molar-refractivity contribution is 0.0768. The molecule has 2 aliphatic rings. The summed E-state index contributed by atoms with van der Waals surface area (Å²) in [6.07, 6.45) is 8.42. The molecule has 1 saturated heterocycles. The van der Waals surface area contributed by atoms with Crippen LogP contribution in [0.2, 0.25) is 0 Å². The molecule has 2 fully saturated rings. The Hall–Kier alpha value is -0.540. The Bertz CT molecular complexity index is 409. The standard InChI is InChI=1S/C16H22BrNO/c17-13-4-3-7-16(12-13)19-15-8-10-18(11-9-15)14-5-1-2-6-14/h3-4,7,12,14-15H,1-2,5-6,8-11H2. The third kappa shape index (κ3) is 3.51. The molecule has 1 saturated carbocycles. The van der Waals surface area contributed by atoms with E-state index in [1.165, 1.54) is 51.6 Å². The summed E-state index contributed by atoms with van der Waals surface area (Å²) in [5, 5.41) is 0. The third-order valence-electron chi connectivity index (χ3n) is 4.42. The zero-order chi connectivity index (χ0) is 13.1. The van der Waals surface area contributed by atoms with Gasteiger partial charge in [0.25, 0.3) is 0 Å². The van der Waals surface area contributed by atoms with Crippen molar-refractivity contribution in [3.05, 3.63) is 28.7 Å². The summed E-state index contributed by atoms with van der Waals surface area (Å²) in [5.41, 5.74) is 0. The quantitative estimate of drug-likeness (QED) is 0.825. The lowest BCUT2D eigenvalue weighted by Gasteiger charge is -2.36. The minimum Gasteiger partial charge on any atom is -0.490 e. The maximum Gasteiger partial charge on any atom is 0.120 e. The van der Waals surface area contributed by atoms with Crippen LogP contribution in [0, 0.1) is 0 Å². The van der Waals surface area contributed by atoms with Gasteiger partial charge in [-0.2, -0.15) is 0 Å². The third-order valence-corrected chi connectivity index (χ3v) is 4.91. The fourth-order valence-corrected chi connectivity index (χ4v) is 3.74. The van der Waals surface area contributed by atoms with E-state index in [4.69, 9.17) is 4.74 Å². The van der Waals surface area contributed by atoms with Gasteiger partial charge >= 0.3 is 0 Å². The van der Waals surface area contributed by atoms with E-state index in [2.05, 4.69) is 26.9 Å². The highest BCUT2D eigenvalue weighted by atomic mass is 79.9. The van der Waals surface area contributed by atoms with Crippen molar-refractivity contribution in [1.29, 1.82) is 0 Å². The van der Waals surface area contributed by atoms with Crippen LogP contribution in [-0.2, 0) is 0 Å². The van der Waals surface area contributed by atoms with Gasteiger partial charge in [0.2, 0.25) is 0 Å². The van der Waals surface area contributed by atoms with E-state index < -0.39 is 0 Å². The topological polar surface area (TPSA) is 12.5 Å². The van der Waals surface area contributed by atoms with E-state index in [9.17, 15) is 0 Å². The summed E-state index contributed by atoms with van der Waals surface area (Å²) in [6.45, 7) is 2.42. The summed E-state index contributed by atoms with van der Waals surface area (Å²) in [7, 11) is 0. The molecule has 0 spiro atoms. The van der Waals surface area contributed by atoms with Crippen LogP contribution in [0.25, 0.3) is 0 Å². The first-order valence-corrected chi connectivity index (χ1v) is 8.27. The van der Waals surface area contributed by atoms with Crippen molar-refractivity contribution >= 4 is 15.9 Å². The Kier molecular flexibility index (Phi) is 4.44. The number of hydrogen-bond acceptors (Lipinski definition) is 2. The van der Waals surface area contributed by atoms with Crippen molar-refractivity contribution in [2.24, 2.45) is 0 Å². The Morgan fingerprint density at radius 1 is 1.05 bits per heavy atom. The SMILES string of the molecule is Brc1cccc(OC2CCN(C3CCCC3)CC2)c1. The smallest absolute Gasteiger partial charge is 0.120 e. The molecule has 1 heterocycles. The monoisotopic (exact) mass is 323 g/mol. The fraction of sp³-hybridized carbons (Fsp3) is 0.625. The van der Waals surface area contributed by atoms with Crippen molar-refractivity contribution in [1.82, 2.24) is 4.90 Å². The number of likely N-dealkylation sites (tertiary alicyclic amines) is 1. The second-order valence-electron chi connectivity index (χ2n) is 5.75. The van der Waals surface area contributed by atoms with Gasteiger partial charge in [-0.05, 0) is 43.9 Å². The van der Waals surface area contributed by atoms with Crippen molar-refractivity contribution in [3.63, 3.8) is 0 Å². The molecular formula is C16H22BrNO. The van der Waals surface area contributed by atoms with Crippen LogP contribution in [-0.4, -0.2) is 30.1 Å². The molecule has 3 rings (SSSR count). The molecule has 1 aromatic carbocycles. The van der Waals surface area contributed by atoms with Gasteiger partial charge in [0.1, 0.15) is 11.9 Å². The molecule has 0 unspecified atom stereocenters. The Morgan fingerprint density at radius 2 is 1.79 bits per heavy atom. The number of ether oxygens (including phenoxy) is 1. The zero-order valence-corrected chi connectivity index (χ0v) is 12.9. The molecule has 104 valence electrons. The number of halogens is 1. The number of benzene rings is 1. The molecule has 3 heteroatoms. The molecule has 0 atom stereocenters. The summed E-state index contributed by atoms with van der Waals surface area (Å²) in [5.74, 6) is 0.994. The van der Waals surface area contributed by atoms with Gasteiger partial charge in [0.15, 0.2) is 0 Å². The molecular weight excluding hydrogens is 302 g/mol. The van der Waals surface area contributed by atoms with Gasteiger partial charge in [0.05, 0.1) is 0 Å². The highest BCUT2D eigenvalue weighted by molar-refractivity contribution is 9.10. The van der Waals surface area contributed by atoms with Gasteiger partial charge in [-0.15, -0.1) is 0 Å². The Balaban J connectivity index is 1.50. The first kappa shape index (κ1) is 13.4. The second kappa shape index (κ2) is 6.27. The number of rotatable bonds is 3. The number of nitrogens with zero attached hydrogens (tertiary/aromatic N) is 1. The summed E-state index contributed by atoms with van der Waals surface area (Å²) < 4.78 is 7.18. The Labute approximate surface area is 124 Å². The van der Waals surface area contributed by atoms with E-state index in [0.717, 1.165) is 16.3 Å². The zero-order valence-electron chi connectivity index (χ0n) is 11.4. The predicted octanol–water partition coefficient (Wildman–Crippen LogP) is 4.23. The molecule has 0 N–H and O–H groups in total. The van der Waals surface area contributed by atoms with E-state index in [-0.39, 0.29) is 0 Å². The van der Waals surface area contributed by atoms with E-state index in [0.29, 0.717) is 6.10 Å². The largest absolute Gasteiger partial charge is 0.490 e. The molecule has 0 amide bonds. The van der Waals surface area contributed by atoms with Crippen LogP contribution in [0.15, 0.2) is 28.7 Å². The fourth-order valence-electron chi connectivity index (χ4n) is 3.36. The van der Waals surface area contributed by atoms with Gasteiger partial charge in [-0.1, -0.05) is 34.8 Å². The molecule has 0 bridgehead atoms. The van der Waals surface area contributed by atoms with Crippen LogP contribution < -0.4 is 4.74 Å². The molecule has 19 heavy (non-hydrogen) atoms. The van der Waals surface area contributed by atoms with E-state index in [1.54, 1.807) is 0 Å². The molecule has 1 aliphatic heterocycles. The summed E-state index contributed by atoms with van der Waals surface area (Å²) in [4.78, 5) is 2.69. The van der Waals surface area contributed by atoms with E-state index >= 15 is 0 Å². The van der Waals surface area contributed by atoms with Crippen molar-refractivity contribution in [2.75, 3.05) is 13.1 Å². The number of piperidine rings is 1. The van der Waals surface area contributed by atoms with Crippen molar-refractivity contribution < 1.29 is 4.74 Å². The highest BCUT2D eigenvalue weighted by Gasteiger charge is 2.27. The first-order valence-electron chi connectivity index (χ1n) is 7.47. The van der Waals surface area contributed by atoms with Crippen LogP contribution in [0.3, 0.4) is 0 Å². The van der Waals surface area contributed by atoms with Gasteiger partial charge in [0, 0.05) is 23.6 Å². The minimum atomic E-state index is 0.395. The van der Waals surface area contributed by atoms with Crippen molar-refractivity contribution in [2.45, 2.75) is 50.7 Å².